The van der Waals surface area contributed by atoms with Gasteiger partial charge in [0.05, 0.1) is 6.61 Å². The summed E-state index contributed by atoms with van der Waals surface area (Å²) in [5.41, 5.74) is 1.75. The van der Waals surface area contributed by atoms with E-state index in [-0.39, 0.29) is 5.57 Å². The summed E-state index contributed by atoms with van der Waals surface area (Å²) in [6, 6.07) is 17.0. The highest BCUT2D eigenvalue weighted by molar-refractivity contribution is 7.15. The Morgan fingerprint density at radius 2 is 1.91 bits per heavy atom. The average molecular weight is 494 g/mol. The molecule has 0 aliphatic heterocycles. The van der Waals surface area contributed by atoms with Crippen LogP contribution in [0.5, 0.6) is 5.75 Å². The third-order valence-electron chi connectivity index (χ3n) is 5.17. The molecule has 0 aliphatic carbocycles. The molecule has 1 heterocycles. The lowest BCUT2D eigenvalue weighted by Gasteiger charge is -2.06. The molecule has 0 fully saturated rings. The molecule has 1 N–H and O–H groups in total. The number of hydrogen-bond acceptors (Lipinski definition) is 5. The van der Waals surface area contributed by atoms with Crippen molar-refractivity contribution in [1.82, 2.24) is 4.98 Å². The number of thiazole rings is 1. The Kier molecular flexibility index (Phi) is 10.1. The molecule has 3 rings (SSSR count). The molecule has 5 nitrogen and oxygen atoms in total. The molecule has 34 heavy (non-hydrogen) atoms. The lowest BCUT2D eigenvalue weighted by molar-refractivity contribution is -0.112. The summed E-state index contributed by atoms with van der Waals surface area (Å²) in [4.78, 5) is 17.8. The number of amides is 1. The SMILES string of the molecule is CCCCCCCOc1ccc(/C=C(\C#N)C(=O)Nc2ncc(Cc3ccccc3Cl)s2)cc1. The minimum absolute atomic E-state index is 0.00689. The first-order valence-electron chi connectivity index (χ1n) is 11.4. The largest absolute Gasteiger partial charge is 0.494 e. The number of nitrogens with one attached hydrogen (secondary N) is 1. The monoisotopic (exact) mass is 493 g/mol. The second kappa shape index (κ2) is 13.5. The van der Waals surface area contributed by atoms with Crippen LogP contribution >= 0.6 is 22.9 Å². The maximum atomic E-state index is 12.6. The highest BCUT2D eigenvalue weighted by Gasteiger charge is 2.13. The average Bonchev–Trinajstić information content (AvgIpc) is 3.28. The Labute approximate surface area is 210 Å². The fraction of sp³-hybridized carbons (Fsp3) is 0.296. The third kappa shape index (κ3) is 8.02. The van der Waals surface area contributed by atoms with Gasteiger partial charge >= 0.3 is 0 Å². The fourth-order valence-electron chi connectivity index (χ4n) is 3.31. The van der Waals surface area contributed by atoms with Crippen molar-refractivity contribution < 1.29 is 9.53 Å². The molecular weight excluding hydrogens is 466 g/mol. The minimum Gasteiger partial charge on any atom is -0.494 e. The number of nitriles is 1. The highest BCUT2D eigenvalue weighted by atomic mass is 35.5. The van der Waals surface area contributed by atoms with E-state index in [1.807, 2.05) is 54.6 Å². The Morgan fingerprint density at radius 3 is 2.65 bits per heavy atom. The molecule has 1 aromatic heterocycles. The normalized spacial score (nSPS) is 11.1. The molecular formula is C27H28ClN3O2S. The molecule has 2 aromatic carbocycles. The predicted molar refractivity (Wildman–Crippen MR) is 139 cm³/mol. The van der Waals surface area contributed by atoms with E-state index in [0.29, 0.717) is 23.2 Å². The number of rotatable bonds is 12. The van der Waals surface area contributed by atoms with Crippen LogP contribution in [-0.4, -0.2) is 17.5 Å². The van der Waals surface area contributed by atoms with Gasteiger partial charge in [-0.05, 0) is 41.8 Å². The van der Waals surface area contributed by atoms with Gasteiger partial charge in [-0.25, -0.2) is 4.98 Å². The van der Waals surface area contributed by atoms with Crippen LogP contribution < -0.4 is 10.1 Å². The zero-order chi connectivity index (χ0) is 24.2. The van der Waals surface area contributed by atoms with Crippen molar-refractivity contribution in [3.05, 3.63) is 81.3 Å². The number of anilines is 1. The number of unbranched alkanes of at least 4 members (excludes halogenated alkanes) is 4. The van der Waals surface area contributed by atoms with E-state index in [4.69, 9.17) is 16.3 Å². The molecule has 0 aliphatic rings. The first-order chi connectivity index (χ1) is 16.6. The summed E-state index contributed by atoms with van der Waals surface area (Å²) < 4.78 is 5.77. The van der Waals surface area contributed by atoms with Crippen molar-refractivity contribution in [1.29, 1.82) is 5.26 Å². The van der Waals surface area contributed by atoms with Crippen LogP contribution in [0.25, 0.3) is 6.08 Å². The number of hydrogen-bond donors (Lipinski definition) is 1. The van der Waals surface area contributed by atoms with Gasteiger partial charge in [0, 0.05) is 22.5 Å². The van der Waals surface area contributed by atoms with Gasteiger partial charge in [0.2, 0.25) is 0 Å². The van der Waals surface area contributed by atoms with Crippen LogP contribution in [0.1, 0.15) is 55.0 Å². The van der Waals surface area contributed by atoms with E-state index < -0.39 is 5.91 Å². The van der Waals surface area contributed by atoms with Crippen LogP contribution in [0.3, 0.4) is 0 Å². The molecule has 0 unspecified atom stereocenters. The number of ether oxygens (including phenoxy) is 1. The molecule has 176 valence electrons. The third-order valence-corrected chi connectivity index (χ3v) is 6.45. The van der Waals surface area contributed by atoms with E-state index >= 15 is 0 Å². The van der Waals surface area contributed by atoms with Crippen molar-refractivity contribution >= 4 is 40.1 Å². The van der Waals surface area contributed by atoms with Crippen LogP contribution in [0.15, 0.2) is 60.3 Å². The van der Waals surface area contributed by atoms with E-state index in [1.165, 1.54) is 37.0 Å². The van der Waals surface area contributed by atoms with Gasteiger partial charge in [0.15, 0.2) is 5.13 Å². The lowest BCUT2D eigenvalue weighted by Crippen LogP contribution is -2.13. The molecule has 1 amide bonds. The van der Waals surface area contributed by atoms with E-state index in [9.17, 15) is 10.1 Å². The van der Waals surface area contributed by atoms with Gasteiger partial charge < -0.3 is 4.74 Å². The van der Waals surface area contributed by atoms with Crippen LogP contribution in [0, 0.1) is 11.3 Å². The van der Waals surface area contributed by atoms with Gasteiger partial charge in [0.1, 0.15) is 17.4 Å². The van der Waals surface area contributed by atoms with Crippen molar-refractivity contribution in [3.8, 4) is 11.8 Å². The second-order valence-corrected chi connectivity index (χ2v) is 9.38. The van der Waals surface area contributed by atoms with Gasteiger partial charge in [-0.2, -0.15) is 5.26 Å². The van der Waals surface area contributed by atoms with Gasteiger partial charge in [-0.3, -0.25) is 10.1 Å². The summed E-state index contributed by atoms with van der Waals surface area (Å²) in [5, 5.41) is 13.3. The van der Waals surface area contributed by atoms with Crippen LogP contribution in [0.2, 0.25) is 5.02 Å². The minimum atomic E-state index is -0.492. The molecule has 7 heteroatoms. The van der Waals surface area contributed by atoms with E-state index in [0.717, 1.165) is 28.2 Å². The zero-order valence-electron chi connectivity index (χ0n) is 19.2. The first-order valence-corrected chi connectivity index (χ1v) is 12.6. The Balaban J connectivity index is 1.54. The van der Waals surface area contributed by atoms with Crippen molar-refractivity contribution in [3.63, 3.8) is 0 Å². The first kappa shape index (κ1) is 25.5. The number of benzene rings is 2. The summed E-state index contributed by atoms with van der Waals surface area (Å²) in [6.07, 6.45) is 9.85. The van der Waals surface area contributed by atoms with Crippen molar-refractivity contribution in [2.24, 2.45) is 0 Å². The van der Waals surface area contributed by atoms with Gasteiger partial charge in [0.25, 0.3) is 5.91 Å². The summed E-state index contributed by atoms with van der Waals surface area (Å²) in [7, 11) is 0. The number of carbonyl (C=O) groups is 1. The number of carbonyl (C=O) groups excluding carboxylic acids is 1. The quantitative estimate of drug-likeness (QED) is 0.163. The van der Waals surface area contributed by atoms with Crippen LogP contribution in [-0.2, 0) is 11.2 Å². The summed E-state index contributed by atoms with van der Waals surface area (Å²) in [5.74, 6) is 0.290. The molecule has 0 bridgehead atoms. The lowest BCUT2D eigenvalue weighted by atomic mass is 10.1. The number of halogens is 1. The fourth-order valence-corrected chi connectivity index (χ4v) is 4.35. The molecule has 0 saturated heterocycles. The Morgan fingerprint density at radius 1 is 1.15 bits per heavy atom. The van der Waals surface area contributed by atoms with Crippen molar-refractivity contribution in [2.45, 2.75) is 45.4 Å². The predicted octanol–water partition coefficient (Wildman–Crippen LogP) is 7.28. The Bertz CT molecular complexity index is 1150. The van der Waals surface area contributed by atoms with E-state index in [2.05, 4.69) is 17.2 Å². The topological polar surface area (TPSA) is 75.0 Å². The number of aromatic nitrogens is 1. The highest BCUT2D eigenvalue weighted by Crippen LogP contribution is 2.25. The second-order valence-electron chi connectivity index (χ2n) is 7.86. The number of nitrogens with zero attached hydrogens (tertiary/aromatic N) is 2. The summed E-state index contributed by atoms with van der Waals surface area (Å²) >= 11 is 7.58. The maximum absolute atomic E-state index is 12.6. The van der Waals surface area contributed by atoms with Crippen molar-refractivity contribution in [2.75, 3.05) is 11.9 Å². The summed E-state index contributed by atoms with van der Waals surface area (Å²) in [6.45, 7) is 2.89. The standard InChI is InChI=1S/C27H28ClN3O2S/c1-2-3-4-5-8-15-33-23-13-11-20(12-14-23)16-22(18-29)26(32)31-27-30-19-24(34-27)17-21-9-6-7-10-25(21)28/h6-7,9-14,16,19H,2-5,8,15,17H2,1H3,(H,30,31,32)/b22-16+. The smallest absolute Gasteiger partial charge is 0.268 e. The molecule has 0 saturated carbocycles. The zero-order valence-corrected chi connectivity index (χ0v) is 20.8. The molecule has 0 atom stereocenters. The van der Waals surface area contributed by atoms with Crippen LogP contribution in [0.4, 0.5) is 5.13 Å². The van der Waals surface area contributed by atoms with Gasteiger partial charge in [-0.1, -0.05) is 74.5 Å². The molecule has 0 radical (unpaired) electrons. The molecule has 0 spiro atoms. The van der Waals surface area contributed by atoms with E-state index in [1.54, 1.807) is 12.3 Å². The Hall–Kier alpha value is -3.14. The maximum Gasteiger partial charge on any atom is 0.268 e. The molecule has 3 aromatic rings. The van der Waals surface area contributed by atoms with Gasteiger partial charge in [-0.15, -0.1) is 11.3 Å².